The molecular weight excluding hydrogens is 2030 g/mol. The Kier molecular flexibility index (Phi) is 69.6. The average Bonchev–Trinajstić information content (AvgIpc) is 1.63. The summed E-state index contributed by atoms with van der Waals surface area (Å²) in [6.07, 6.45) is 15.7. The largest absolute Gasteiger partial charge is 1.00 e. The third kappa shape index (κ3) is 44.1. The number of hydroxylamine groups is 5. The zero-order valence-corrected chi connectivity index (χ0v) is 96.4. The first-order valence-electron chi connectivity index (χ1n) is 43.8. The van der Waals surface area contributed by atoms with E-state index in [1.807, 2.05) is 209 Å². The average molecular weight is 2190 g/mol. The quantitative estimate of drug-likeness (QED) is 0.0238. The third-order valence-electron chi connectivity index (χ3n) is 23.4. The van der Waals surface area contributed by atoms with Crippen LogP contribution in [-0.4, -0.2) is 169 Å². The van der Waals surface area contributed by atoms with Gasteiger partial charge in [-0.15, -0.1) is 5.60 Å². The number of ketones is 1. The second-order valence-corrected chi connectivity index (χ2v) is 34.3. The van der Waals surface area contributed by atoms with E-state index in [1.165, 1.54) is 36.5 Å². The Balaban J connectivity index is -0.000000787. The van der Waals surface area contributed by atoms with E-state index in [-0.39, 0.29) is 329 Å². The Morgan fingerprint density at radius 1 is 0.415 bits per heavy atom. The van der Waals surface area contributed by atoms with Gasteiger partial charge >= 0.3 is 63.3 Å². The minimum absolute atomic E-state index is 0. The van der Waals surface area contributed by atoms with Gasteiger partial charge in [-0.1, -0.05) is 181 Å². The standard InChI is InChI=1S/C25H25NO3.C17H23NO4.C16H21NO4.C15H18O4.C14H16O4.C9H8N2.C4H9O.C2H7NO.2CH4.K.10H2S/c1-15-16(2)29-25(28-15)19-7-5-18(6-8-19)22-13-23(22)24(27)12-17-3-4-21-14-26-10-9-20(21)11-17;1-10-11(2)22-17(21-10)13-7-5-12(6-8-13)14-9-15(14)16(19)18(3)20-4;1-11-12(2)21-16(20-11)14-8-5-13(6-9-14)7-10-15(18)17(3)19-4;1-8-9(2)19-15(18-8)11-5-3-10(4-6-11)12-7-13(12)14(16)17;1-9-10(2)18-14(17-9)12-6-3-11(4-7-12)5-8-13(15)16;10-9-2-1-8-6-11-4-3-7(8)5-9;1-4(2,3)5;1-3-4-2;;;;;;;;;;;;;/h3-11,14-16,22-23,25H,12-13H2,1-2H3;5-8,10-11,14-15,17H,9H2,1-4H3;5-12,16H,1-4H3;3-6,8-9,12-13,15H,7H2,1-2H3,(H,16,17);3-10,14H,1-2H3,(H,15,16);1-6H,10H2;1-3H3;3H,1-2H3;2*1H4;;10*1H2/q;;;;;;-1;;;;+1;;;;;;;;;;/b;;10-7+;;8-5+;;;;;;;;;;;;;;;;/t15-,16-,22-,23+;10-,11-,14-,15+;11-,12-;8-,9-,12-,13+;9-,10-;;;;;;;;;;;;;;;;/m00000................/s1. The monoisotopic (exact) mass is 2180 g/mol. The van der Waals surface area contributed by atoms with Gasteiger partial charge in [-0.2, -0.15) is 135 Å². The fourth-order valence-electron chi connectivity index (χ4n) is 14.4. The predicted octanol–water partition coefficient (Wildman–Crippen LogP) is 16.6. The maximum absolute atomic E-state index is 12.8. The smallest absolute Gasteiger partial charge is 0.850 e. The molecule has 0 unspecified atom stereocenters. The molecule has 5 N–H and O–H groups in total. The molecule has 27 nitrogen and oxygen atoms in total. The van der Waals surface area contributed by atoms with Crippen LogP contribution in [0.5, 0.6) is 0 Å². The van der Waals surface area contributed by atoms with Crippen LogP contribution in [0.3, 0.4) is 0 Å². The second kappa shape index (κ2) is 69.2. The van der Waals surface area contributed by atoms with Crippen molar-refractivity contribution in [3.63, 3.8) is 0 Å². The van der Waals surface area contributed by atoms with Crippen molar-refractivity contribution in [1.29, 1.82) is 0 Å². The molecule has 5 aliphatic heterocycles. The summed E-state index contributed by atoms with van der Waals surface area (Å²) in [5.74, 6) is -0.719. The van der Waals surface area contributed by atoms with Gasteiger partial charge in [-0.3, -0.25) is 38.8 Å². The molecule has 2 aromatic heterocycles. The molecule has 788 valence electrons. The Bertz CT molecular complexity index is 5160. The number of likely N-dealkylation sites (N-methyl/N-ethyl adjacent to an activating group) is 1. The number of hydrogen-bond acceptors (Lipinski definition) is 23. The van der Waals surface area contributed by atoms with Gasteiger partial charge in [0.1, 0.15) is 5.78 Å². The summed E-state index contributed by atoms with van der Waals surface area (Å²) in [6, 6.07) is 55.6. The van der Waals surface area contributed by atoms with E-state index in [0.717, 1.165) is 108 Å². The van der Waals surface area contributed by atoms with Crippen molar-refractivity contribution in [3.05, 3.63) is 268 Å². The number of nitrogen functional groups attached to an aromatic ring is 1. The first-order valence-corrected chi connectivity index (χ1v) is 43.8. The predicted molar refractivity (Wildman–Crippen MR) is 607 cm³/mol. The van der Waals surface area contributed by atoms with Crippen LogP contribution in [0.1, 0.15) is 235 Å². The first-order chi connectivity index (χ1) is 61.5. The van der Waals surface area contributed by atoms with Crippen LogP contribution in [-0.2, 0) is 92.3 Å². The minimum atomic E-state index is -0.954. The van der Waals surface area contributed by atoms with Crippen molar-refractivity contribution in [3.8, 4) is 0 Å². The van der Waals surface area contributed by atoms with E-state index in [0.29, 0.717) is 24.0 Å². The van der Waals surface area contributed by atoms with E-state index in [4.69, 9.17) is 73.0 Å². The number of ether oxygens (including phenoxy) is 10. The van der Waals surface area contributed by atoms with Gasteiger partial charge in [0.2, 0.25) is 5.91 Å². The molecule has 0 spiro atoms. The number of pyridine rings is 2. The van der Waals surface area contributed by atoms with Gasteiger partial charge in [0.15, 0.2) is 31.5 Å². The molecule has 7 aromatic carbocycles. The molecule has 142 heavy (non-hydrogen) atoms. The number of rotatable bonds is 20. The third-order valence-corrected chi connectivity index (χ3v) is 23.4. The van der Waals surface area contributed by atoms with Crippen molar-refractivity contribution in [1.82, 2.24) is 25.6 Å². The van der Waals surface area contributed by atoms with Gasteiger partial charge in [0.05, 0.1) is 88.3 Å². The van der Waals surface area contributed by atoms with Crippen LogP contribution in [0.15, 0.2) is 207 Å². The van der Waals surface area contributed by atoms with Crippen molar-refractivity contribution >= 4 is 204 Å². The Morgan fingerprint density at radius 3 is 0.993 bits per heavy atom. The molecule has 17 rings (SSSR count). The number of carboxylic acids is 2. The topological polar surface area (TPSA) is 339 Å². The minimum Gasteiger partial charge on any atom is -0.850 e. The molecule has 16 atom stereocenters. The van der Waals surface area contributed by atoms with Gasteiger partial charge < -0.3 is 73.3 Å². The summed E-state index contributed by atoms with van der Waals surface area (Å²) < 4.78 is 57.5. The fraction of sp³-hybridized carbons (Fsp3) is 0.452. The Labute approximate surface area is 952 Å². The normalized spacial score (nSPS) is 22.8. The summed E-state index contributed by atoms with van der Waals surface area (Å²) in [6.45, 7) is 25.0. The van der Waals surface area contributed by atoms with Crippen LogP contribution in [0.4, 0.5) is 5.69 Å². The van der Waals surface area contributed by atoms with Crippen LogP contribution < -0.4 is 67.7 Å². The second-order valence-electron chi connectivity index (χ2n) is 34.3. The van der Waals surface area contributed by atoms with Crippen LogP contribution >= 0.6 is 135 Å². The number of hydrogen-bond donors (Lipinski definition) is 4. The van der Waals surface area contributed by atoms with Gasteiger partial charge in [0, 0.05) is 121 Å². The van der Waals surface area contributed by atoms with E-state index < -0.39 is 17.5 Å². The fourth-order valence-corrected chi connectivity index (χ4v) is 14.4. The summed E-state index contributed by atoms with van der Waals surface area (Å²) in [7, 11) is 9.45. The molecular formula is C104H155KN6O21S10. The number of carboxylic acid groups (broad SMARTS) is 2. The SMILES string of the molecule is C.C.CC(C)(C)[O-].CNOC.CON(C)C(=O)/C=C/c1ccc(C2O[C@@H](C)[C@H](C)O2)cc1.CON(C)C(=O)[C@@H]1C[C@H]1c1ccc(C2O[C@@H](C)[C@H](C)O2)cc1.C[C@@H]1OC(c2ccc(/C=C/C(=O)O)cc2)O[C@H]1C.C[C@@H]1OC(c2ccc([C@@H]3C[C@H]3C(=O)Cc3ccc4cnccc4c3)cc2)O[C@H]1C.C[C@@H]1OC(c2ccc([C@@H]3C[C@H]3C(=O)O)cc2)O[C@H]1C.Nc1ccc2cnccc2c1.S.S.S.S.S.S.S.S.S.S.[K+]. The zero-order chi connectivity index (χ0) is 93.5. The van der Waals surface area contributed by atoms with E-state index in [9.17, 15) is 29.1 Å². The number of amides is 2. The molecule has 7 heterocycles. The number of benzene rings is 7. The van der Waals surface area contributed by atoms with Crippen molar-refractivity contribution < 1.29 is 153 Å². The van der Waals surface area contributed by atoms with E-state index in [2.05, 4.69) is 62.8 Å². The number of anilines is 1. The molecule has 2 amide bonds. The van der Waals surface area contributed by atoms with Crippen LogP contribution in [0.25, 0.3) is 33.7 Å². The molecule has 3 saturated carbocycles. The number of aliphatic carboxylic acids is 2. The molecule has 8 aliphatic rings. The molecule has 0 radical (unpaired) electrons. The molecule has 3 aliphatic carbocycles. The maximum Gasteiger partial charge on any atom is 1.00 e. The van der Waals surface area contributed by atoms with E-state index >= 15 is 0 Å². The molecule has 5 saturated heterocycles. The number of carbonyl (C=O) groups is 5. The summed E-state index contributed by atoms with van der Waals surface area (Å²) in [5, 5.41) is 34.5. The van der Waals surface area contributed by atoms with Gasteiger partial charge in [-0.05, 0) is 187 Å². The Morgan fingerprint density at radius 2 is 0.690 bits per heavy atom. The van der Waals surface area contributed by atoms with Crippen LogP contribution in [0.2, 0.25) is 0 Å². The number of nitrogens with one attached hydrogen (secondary N) is 1. The molecule has 9 aromatic rings. The van der Waals surface area contributed by atoms with Crippen molar-refractivity contribution in [2.45, 2.75) is 246 Å². The maximum atomic E-state index is 12.8. The molecule has 0 bridgehead atoms. The first kappa shape index (κ1) is 143. The van der Waals surface area contributed by atoms with Crippen LogP contribution in [0, 0.1) is 17.8 Å². The molecule has 38 heteroatoms. The summed E-state index contributed by atoms with van der Waals surface area (Å²) >= 11 is 0. The van der Waals surface area contributed by atoms with Gasteiger partial charge in [0.25, 0.3) is 5.91 Å². The number of fused-ring (bicyclic) bond motifs is 2. The van der Waals surface area contributed by atoms with E-state index in [1.54, 1.807) is 73.6 Å². The number of carbonyl (C=O) groups excluding carboxylic acids is 3. The Hall–Kier alpha value is -5.27. The summed E-state index contributed by atoms with van der Waals surface area (Å²) in [5.41, 5.74) is 19.4. The van der Waals surface area contributed by atoms with Gasteiger partial charge in [-0.25, -0.2) is 20.4 Å². The number of nitrogens with zero attached hydrogens (tertiary/aromatic N) is 4. The van der Waals surface area contributed by atoms with Crippen molar-refractivity contribution in [2.75, 3.05) is 48.2 Å². The van der Waals surface area contributed by atoms with Crippen molar-refractivity contribution in [2.24, 2.45) is 17.8 Å². The number of Topliss-reactive ketones (excluding diaryl/α,β-unsaturated/α-hetero) is 1. The number of aromatic nitrogens is 2. The molecule has 8 fully saturated rings. The zero-order valence-electron chi connectivity index (χ0n) is 83.3. The summed E-state index contributed by atoms with van der Waals surface area (Å²) in [4.78, 5) is 79.8. The number of nitrogens with two attached hydrogens (primary N) is 1.